The summed E-state index contributed by atoms with van der Waals surface area (Å²) >= 11 is 0. The minimum absolute atomic E-state index is 0.229. The molecular formula is C25H16N4O2. The van der Waals surface area contributed by atoms with Crippen LogP contribution in [0.1, 0.15) is 16.1 Å². The fourth-order valence-corrected chi connectivity index (χ4v) is 3.63. The van der Waals surface area contributed by atoms with E-state index in [1.54, 1.807) is 24.6 Å². The standard InChI is InChI=1S/C25H16N4O2/c26-15-20-14-22-21(24-7-3-13-31-24)5-1-6-23(22)29(20)19-10-8-18(9-11-19)28-25(30)17-4-2-12-27-16-17/h1-14,16H,(H,28,30). The molecule has 0 aliphatic heterocycles. The molecule has 0 saturated heterocycles. The van der Waals surface area contributed by atoms with Crippen molar-refractivity contribution in [3.05, 3.63) is 103 Å². The summed E-state index contributed by atoms with van der Waals surface area (Å²) in [7, 11) is 0. The second-order valence-electron chi connectivity index (χ2n) is 6.94. The number of nitriles is 1. The van der Waals surface area contributed by atoms with E-state index >= 15 is 0 Å². The molecule has 5 rings (SSSR count). The van der Waals surface area contributed by atoms with Crippen molar-refractivity contribution in [2.45, 2.75) is 0 Å². The van der Waals surface area contributed by atoms with Crippen LogP contribution in [0.15, 0.2) is 95.9 Å². The maximum Gasteiger partial charge on any atom is 0.257 e. The molecule has 6 nitrogen and oxygen atoms in total. The van der Waals surface area contributed by atoms with Crippen LogP contribution in [-0.4, -0.2) is 15.5 Å². The molecule has 0 bridgehead atoms. The molecule has 1 N–H and O–H groups in total. The second-order valence-corrected chi connectivity index (χ2v) is 6.94. The largest absolute Gasteiger partial charge is 0.464 e. The number of amides is 1. The lowest BCUT2D eigenvalue weighted by atomic mass is 10.1. The van der Waals surface area contributed by atoms with Gasteiger partial charge in [0.2, 0.25) is 0 Å². The van der Waals surface area contributed by atoms with Crippen LogP contribution in [0.3, 0.4) is 0 Å². The summed E-state index contributed by atoms with van der Waals surface area (Å²) in [6.07, 6.45) is 4.78. The van der Waals surface area contributed by atoms with Gasteiger partial charge < -0.3 is 14.3 Å². The summed E-state index contributed by atoms with van der Waals surface area (Å²) in [6, 6.07) is 24.6. The summed E-state index contributed by atoms with van der Waals surface area (Å²) in [5.74, 6) is 0.522. The molecule has 0 fully saturated rings. The van der Waals surface area contributed by atoms with E-state index in [1.165, 1.54) is 6.20 Å². The van der Waals surface area contributed by atoms with Gasteiger partial charge in [0, 0.05) is 34.7 Å². The number of aromatic nitrogens is 2. The van der Waals surface area contributed by atoms with Crippen molar-refractivity contribution >= 4 is 22.5 Å². The van der Waals surface area contributed by atoms with E-state index in [2.05, 4.69) is 16.4 Å². The van der Waals surface area contributed by atoms with Gasteiger partial charge in [-0.1, -0.05) is 12.1 Å². The van der Waals surface area contributed by atoms with E-state index in [0.29, 0.717) is 16.9 Å². The first kappa shape index (κ1) is 18.4. The summed E-state index contributed by atoms with van der Waals surface area (Å²) in [5.41, 5.74) is 4.31. The first-order valence-corrected chi connectivity index (χ1v) is 9.65. The van der Waals surface area contributed by atoms with Crippen molar-refractivity contribution in [3.63, 3.8) is 0 Å². The molecule has 31 heavy (non-hydrogen) atoms. The van der Waals surface area contributed by atoms with E-state index in [1.807, 2.05) is 65.2 Å². The number of nitrogens with one attached hydrogen (secondary N) is 1. The third kappa shape index (κ3) is 3.34. The molecule has 0 spiro atoms. The smallest absolute Gasteiger partial charge is 0.257 e. The summed E-state index contributed by atoms with van der Waals surface area (Å²) in [5, 5.41) is 13.5. The molecule has 0 radical (unpaired) electrons. The van der Waals surface area contributed by atoms with E-state index in [9.17, 15) is 10.1 Å². The number of furan rings is 1. The van der Waals surface area contributed by atoms with Crippen molar-refractivity contribution in [2.24, 2.45) is 0 Å². The first-order valence-electron chi connectivity index (χ1n) is 9.65. The van der Waals surface area contributed by atoms with Gasteiger partial charge in [-0.2, -0.15) is 5.26 Å². The van der Waals surface area contributed by atoms with Gasteiger partial charge >= 0.3 is 0 Å². The van der Waals surface area contributed by atoms with Gasteiger partial charge in [0.1, 0.15) is 17.5 Å². The highest BCUT2D eigenvalue weighted by molar-refractivity contribution is 6.04. The van der Waals surface area contributed by atoms with E-state index in [4.69, 9.17) is 4.42 Å². The third-order valence-corrected chi connectivity index (χ3v) is 5.05. The molecule has 0 saturated carbocycles. The molecule has 0 unspecified atom stereocenters. The van der Waals surface area contributed by atoms with Crippen LogP contribution in [-0.2, 0) is 0 Å². The number of hydrogen-bond donors (Lipinski definition) is 1. The fourth-order valence-electron chi connectivity index (χ4n) is 3.63. The fraction of sp³-hybridized carbons (Fsp3) is 0. The molecule has 0 atom stereocenters. The van der Waals surface area contributed by atoms with E-state index in [0.717, 1.165) is 27.9 Å². The molecule has 3 heterocycles. The van der Waals surface area contributed by atoms with Crippen molar-refractivity contribution in [1.29, 1.82) is 5.26 Å². The Morgan fingerprint density at radius 3 is 2.61 bits per heavy atom. The third-order valence-electron chi connectivity index (χ3n) is 5.05. The van der Waals surface area contributed by atoms with E-state index in [-0.39, 0.29) is 5.91 Å². The van der Waals surface area contributed by atoms with Crippen LogP contribution in [0.5, 0.6) is 0 Å². The minimum atomic E-state index is -0.229. The zero-order chi connectivity index (χ0) is 21.2. The van der Waals surface area contributed by atoms with Gasteiger partial charge in [-0.3, -0.25) is 9.78 Å². The summed E-state index contributed by atoms with van der Waals surface area (Å²) in [6.45, 7) is 0. The molecule has 1 amide bonds. The Morgan fingerprint density at radius 1 is 1.03 bits per heavy atom. The van der Waals surface area contributed by atoms with Crippen LogP contribution < -0.4 is 5.32 Å². The number of pyridine rings is 1. The highest BCUT2D eigenvalue weighted by Gasteiger charge is 2.15. The SMILES string of the molecule is N#Cc1cc2c(-c3ccco3)cccc2n1-c1ccc(NC(=O)c2cccnc2)cc1. The molecule has 0 aliphatic rings. The maximum atomic E-state index is 12.3. The predicted octanol–water partition coefficient (Wildman–Crippen LogP) is 5.41. The highest BCUT2D eigenvalue weighted by atomic mass is 16.3. The lowest BCUT2D eigenvalue weighted by Gasteiger charge is -2.10. The van der Waals surface area contributed by atoms with Crippen LogP contribution in [0.4, 0.5) is 5.69 Å². The van der Waals surface area contributed by atoms with Gasteiger partial charge in [-0.25, -0.2) is 0 Å². The zero-order valence-corrected chi connectivity index (χ0v) is 16.3. The minimum Gasteiger partial charge on any atom is -0.464 e. The van der Waals surface area contributed by atoms with E-state index < -0.39 is 0 Å². The molecule has 2 aromatic carbocycles. The molecule has 6 heteroatoms. The zero-order valence-electron chi connectivity index (χ0n) is 16.3. The quantitative estimate of drug-likeness (QED) is 0.434. The lowest BCUT2D eigenvalue weighted by Crippen LogP contribution is -2.12. The van der Waals surface area contributed by atoms with Crippen LogP contribution in [0.2, 0.25) is 0 Å². The lowest BCUT2D eigenvalue weighted by molar-refractivity contribution is 0.102. The van der Waals surface area contributed by atoms with Crippen LogP contribution in [0, 0.1) is 11.3 Å². The molecule has 3 aromatic heterocycles. The van der Waals surface area contributed by atoms with Gasteiger partial charge in [-0.15, -0.1) is 0 Å². The number of hydrogen-bond acceptors (Lipinski definition) is 4. The monoisotopic (exact) mass is 404 g/mol. The number of carbonyl (C=O) groups is 1. The highest BCUT2D eigenvalue weighted by Crippen LogP contribution is 2.33. The average molecular weight is 404 g/mol. The number of anilines is 1. The Kier molecular flexibility index (Phi) is 4.54. The first-order chi connectivity index (χ1) is 15.2. The number of carbonyl (C=O) groups excluding carboxylic acids is 1. The second kappa shape index (κ2) is 7.65. The Balaban J connectivity index is 1.52. The van der Waals surface area contributed by atoms with Gasteiger partial charge in [0.05, 0.1) is 17.3 Å². The number of nitrogens with zero attached hydrogens (tertiary/aromatic N) is 3. The predicted molar refractivity (Wildman–Crippen MR) is 118 cm³/mol. The van der Waals surface area contributed by atoms with Crippen LogP contribution in [0.25, 0.3) is 27.9 Å². The Morgan fingerprint density at radius 2 is 1.90 bits per heavy atom. The van der Waals surface area contributed by atoms with Crippen molar-refractivity contribution in [2.75, 3.05) is 5.32 Å². The maximum absolute atomic E-state index is 12.3. The van der Waals surface area contributed by atoms with Crippen LogP contribution >= 0.6 is 0 Å². The topological polar surface area (TPSA) is 83.9 Å². The van der Waals surface area contributed by atoms with Crippen molar-refractivity contribution in [3.8, 4) is 23.1 Å². The molecule has 0 aliphatic carbocycles. The Bertz CT molecular complexity index is 1410. The average Bonchev–Trinajstić information content (AvgIpc) is 3.48. The molecule has 5 aromatic rings. The van der Waals surface area contributed by atoms with Gasteiger partial charge in [0.25, 0.3) is 5.91 Å². The molecular weight excluding hydrogens is 388 g/mol. The normalized spacial score (nSPS) is 10.7. The van der Waals surface area contributed by atoms with Crippen molar-refractivity contribution < 1.29 is 9.21 Å². The number of benzene rings is 2. The van der Waals surface area contributed by atoms with Gasteiger partial charge in [-0.05, 0) is 60.7 Å². The summed E-state index contributed by atoms with van der Waals surface area (Å²) < 4.78 is 7.47. The Hall–Kier alpha value is -4.63. The van der Waals surface area contributed by atoms with Crippen molar-refractivity contribution in [1.82, 2.24) is 9.55 Å². The number of rotatable bonds is 4. The Labute approximate surface area is 178 Å². The van der Waals surface area contributed by atoms with Gasteiger partial charge in [0.15, 0.2) is 0 Å². The molecule has 148 valence electrons. The summed E-state index contributed by atoms with van der Waals surface area (Å²) in [4.78, 5) is 16.3. The number of fused-ring (bicyclic) bond motifs is 1.